The summed E-state index contributed by atoms with van der Waals surface area (Å²) in [7, 11) is 0. The van der Waals surface area contributed by atoms with Gasteiger partial charge in [0.15, 0.2) is 5.78 Å². The molecule has 0 heterocycles. The molecule has 1 aromatic carbocycles. The molecule has 1 atom stereocenters. The first kappa shape index (κ1) is 12.7. The largest absolute Gasteiger partial charge is 0.385 e. The highest BCUT2D eigenvalue weighted by Crippen LogP contribution is 2.05. The second-order valence-electron chi connectivity index (χ2n) is 3.80. The molecule has 0 bridgehead atoms. The molecule has 0 aromatic heterocycles. The predicted octanol–water partition coefficient (Wildman–Crippen LogP) is 2.82. The van der Waals surface area contributed by atoms with Crippen LogP contribution in [0.5, 0.6) is 0 Å². The lowest BCUT2D eigenvalue weighted by Gasteiger charge is -2.04. The van der Waals surface area contributed by atoms with Crippen LogP contribution in [0.1, 0.15) is 31.7 Å². The van der Waals surface area contributed by atoms with Crippen molar-refractivity contribution in [1.82, 2.24) is 0 Å². The third-order valence-electron chi connectivity index (χ3n) is 2.40. The SMILES string of the molecule is CCCC[C@@H](O)C(=O)/C=C/c1ccccc1. The van der Waals surface area contributed by atoms with Crippen LogP contribution in [0.15, 0.2) is 36.4 Å². The smallest absolute Gasteiger partial charge is 0.184 e. The Morgan fingerprint density at radius 1 is 1.38 bits per heavy atom. The molecule has 0 saturated heterocycles. The molecule has 0 unspecified atom stereocenters. The second kappa shape index (κ2) is 6.96. The van der Waals surface area contributed by atoms with Crippen molar-refractivity contribution in [3.05, 3.63) is 42.0 Å². The summed E-state index contributed by atoms with van der Waals surface area (Å²) in [6.07, 6.45) is 4.76. The number of unbranched alkanes of at least 4 members (excludes halogenated alkanes) is 1. The van der Waals surface area contributed by atoms with Crippen LogP contribution in [0.25, 0.3) is 6.08 Å². The van der Waals surface area contributed by atoms with E-state index in [1.807, 2.05) is 37.3 Å². The normalized spacial score (nSPS) is 12.9. The molecule has 1 rings (SSSR count). The summed E-state index contributed by atoms with van der Waals surface area (Å²) in [4.78, 5) is 11.5. The van der Waals surface area contributed by atoms with Crippen molar-refractivity contribution < 1.29 is 9.90 Å². The average molecular weight is 218 g/mol. The molecule has 0 aliphatic carbocycles. The first-order valence-corrected chi connectivity index (χ1v) is 5.69. The van der Waals surface area contributed by atoms with Gasteiger partial charge in [0.25, 0.3) is 0 Å². The highest BCUT2D eigenvalue weighted by Gasteiger charge is 2.10. The molecule has 2 heteroatoms. The zero-order chi connectivity index (χ0) is 11.8. The van der Waals surface area contributed by atoms with E-state index in [-0.39, 0.29) is 5.78 Å². The summed E-state index contributed by atoms with van der Waals surface area (Å²) in [6.45, 7) is 2.04. The number of hydrogen-bond donors (Lipinski definition) is 1. The summed E-state index contributed by atoms with van der Waals surface area (Å²) in [5.74, 6) is -0.211. The van der Waals surface area contributed by atoms with Gasteiger partial charge in [-0.05, 0) is 18.1 Å². The first-order chi connectivity index (χ1) is 7.74. The van der Waals surface area contributed by atoms with Gasteiger partial charge in [-0.1, -0.05) is 56.2 Å². The van der Waals surface area contributed by atoms with Gasteiger partial charge in [-0.3, -0.25) is 4.79 Å². The highest BCUT2D eigenvalue weighted by atomic mass is 16.3. The van der Waals surface area contributed by atoms with E-state index in [9.17, 15) is 9.90 Å². The molecule has 0 aliphatic heterocycles. The van der Waals surface area contributed by atoms with Gasteiger partial charge in [-0.2, -0.15) is 0 Å². The van der Waals surface area contributed by atoms with Gasteiger partial charge in [0.1, 0.15) is 6.10 Å². The minimum atomic E-state index is -0.847. The van der Waals surface area contributed by atoms with E-state index in [0.29, 0.717) is 6.42 Å². The van der Waals surface area contributed by atoms with Crippen molar-refractivity contribution in [2.75, 3.05) is 0 Å². The van der Waals surface area contributed by atoms with Gasteiger partial charge in [0.2, 0.25) is 0 Å². The lowest BCUT2D eigenvalue weighted by Crippen LogP contribution is -2.17. The number of aliphatic hydroxyl groups is 1. The molecule has 0 fully saturated rings. The Balaban J connectivity index is 2.48. The monoisotopic (exact) mass is 218 g/mol. The van der Waals surface area contributed by atoms with Crippen LogP contribution in [0.3, 0.4) is 0 Å². The fraction of sp³-hybridized carbons (Fsp3) is 0.357. The number of aliphatic hydroxyl groups excluding tert-OH is 1. The zero-order valence-electron chi connectivity index (χ0n) is 9.60. The van der Waals surface area contributed by atoms with Gasteiger partial charge >= 0.3 is 0 Å². The molecule has 0 saturated carbocycles. The van der Waals surface area contributed by atoms with Crippen molar-refractivity contribution in [2.45, 2.75) is 32.3 Å². The Morgan fingerprint density at radius 2 is 2.06 bits per heavy atom. The molecule has 1 N–H and O–H groups in total. The Labute approximate surface area is 96.6 Å². The summed E-state index contributed by atoms with van der Waals surface area (Å²) < 4.78 is 0. The maximum Gasteiger partial charge on any atom is 0.184 e. The molecule has 0 spiro atoms. The summed E-state index contributed by atoms with van der Waals surface area (Å²) in [6, 6.07) is 9.59. The Kier molecular flexibility index (Phi) is 5.51. The van der Waals surface area contributed by atoms with Crippen LogP contribution in [0.2, 0.25) is 0 Å². The molecular formula is C14H18O2. The van der Waals surface area contributed by atoms with Crippen molar-refractivity contribution >= 4 is 11.9 Å². The maximum absolute atomic E-state index is 11.5. The van der Waals surface area contributed by atoms with Crippen molar-refractivity contribution in [2.24, 2.45) is 0 Å². The van der Waals surface area contributed by atoms with Gasteiger partial charge in [-0.25, -0.2) is 0 Å². The number of benzene rings is 1. The number of ketones is 1. The zero-order valence-corrected chi connectivity index (χ0v) is 9.60. The second-order valence-corrected chi connectivity index (χ2v) is 3.80. The fourth-order valence-corrected chi connectivity index (χ4v) is 1.39. The third kappa shape index (κ3) is 4.41. The quantitative estimate of drug-likeness (QED) is 0.745. The van der Waals surface area contributed by atoms with Crippen molar-refractivity contribution in [3.63, 3.8) is 0 Å². The number of hydrogen-bond acceptors (Lipinski definition) is 2. The average Bonchev–Trinajstić information content (AvgIpc) is 2.34. The van der Waals surface area contributed by atoms with Crippen LogP contribution in [0.4, 0.5) is 0 Å². The van der Waals surface area contributed by atoms with E-state index in [0.717, 1.165) is 18.4 Å². The molecule has 1 aromatic rings. The van der Waals surface area contributed by atoms with E-state index < -0.39 is 6.10 Å². The summed E-state index contributed by atoms with van der Waals surface area (Å²) >= 11 is 0. The lowest BCUT2D eigenvalue weighted by molar-refractivity contribution is -0.122. The lowest BCUT2D eigenvalue weighted by atomic mass is 10.1. The van der Waals surface area contributed by atoms with E-state index in [1.54, 1.807) is 6.08 Å². The minimum absolute atomic E-state index is 0.211. The standard InChI is InChI=1S/C14H18O2/c1-2-3-9-13(15)14(16)11-10-12-7-5-4-6-8-12/h4-8,10-11,13,15H,2-3,9H2,1H3/b11-10+/t13-/m1/s1. The number of rotatable bonds is 6. The fourth-order valence-electron chi connectivity index (χ4n) is 1.39. The molecule has 0 aliphatic rings. The highest BCUT2D eigenvalue weighted by molar-refractivity contribution is 5.96. The predicted molar refractivity (Wildman–Crippen MR) is 66.0 cm³/mol. The van der Waals surface area contributed by atoms with Crippen LogP contribution >= 0.6 is 0 Å². The van der Waals surface area contributed by atoms with E-state index in [4.69, 9.17) is 0 Å². The first-order valence-electron chi connectivity index (χ1n) is 5.69. The topological polar surface area (TPSA) is 37.3 Å². The van der Waals surface area contributed by atoms with Crippen molar-refractivity contribution in [3.8, 4) is 0 Å². The Bertz CT molecular complexity index is 341. The third-order valence-corrected chi connectivity index (χ3v) is 2.40. The van der Waals surface area contributed by atoms with E-state index >= 15 is 0 Å². The molecule has 0 radical (unpaired) electrons. The van der Waals surface area contributed by atoms with Crippen molar-refractivity contribution in [1.29, 1.82) is 0 Å². The molecule has 16 heavy (non-hydrogen) atoms. The molecule has 2 nitrogen and oxygen atoms in total. The van der Waals surface area contributed by atoms with Gasteiger partial charge in [0, 0.05) is 0 Å². The molecule has 0 amide bonds. The van der Waals surface area contributed by atoms with Crippen LogP contribution < -0.4 is 0 Å². The van der Waals surface area contributed by atoms with Gasteiger partial charge in [-0.15, -0.1) is 0 Å². The number of carbonyl (C=O) groups excluding carboxylic acids is 1. The number of carbonyl (C=O) groups is 1. The maximum atomic E-state index is 11.5. The molecule has 86 valence electrons. The Hall–Kier alpha value is -1.41. The van der Waals surface area contributed by atoms with Gasteiger partial charge in [0.05, 0.1) is 0 Å². The summed E-state index contributed by atoms with van der Waals surface area (Å²) in [5, 5.41) is 9.53. The van der Waals surface area contributed by atoms with E-state index in [2.05, 4.69) is 0 Å². The van der Waals surface area contributed by atoms with Gasteiger partial charge < -0.3 is 5.11 Å². The van der Waals surface area contributed by atoms with Crippen LogP contribution in [-0.4, -0.2) is 17.0 Å². The Morgan fingerprint density at radius 3 is 2.69 bits per heavy atom. The molecular weight excluding hydrogens is 200 g/mol. The van der Waals surface area contributed by atoms with E-state index in [1.165, 1.54) is 6.08 Å². The minimum Gasteiger partial charge on any atom is -0.385 e. The van der Waals surface area contributed by atoms with Crippen LogP contribution in [-0.2, 0) is 4.79 Å². The summed E-state index contributed by atoms with van der Waals surface area (Å²) in [5.41, 5.74) is 0.971. The van der Waals surface area contributed by atoms with Crippen LogP contribution in [0, 0.1) is 0 Å².